The molecule has 0 aliphatic carbocycles. The van der Waals surface area contributed by atoms with Gasteiger partial charge in [-0.25, -0.2) is 5.48 Å². The minimum atomic E-state index is -0.580. The number of carbonyl (C=O) groups is 2. The summed E-state index contributed by atoms with van der Waals surface area (Å²) in [6.07, 6.45) is 4.76. The van der Waals surface area contributed by atoms with E-state index in [0.717, 1.165) is 18.4 Å². The van der Waals surface area contributed by atoms with E-state index < -0.39 is 5.91 Å². The van der Waals surface area contributed by atoms with Gasteiger partial charge in [0, 0.05) is 25.7 Å². The Balaban J connectivity index is 1.64. The molecule has 7 nitrogen and oxygen atoms in total. The number of phenols is 1. The predicted octanol–water partition coefficient (Wildman–Crippen LogP) is 2.56. The highest BCUT2D eigenvalue weighted by atomic mass is 16.6. The normalized spacial score (nSPS) is 14.8. The quantitative estimate of drug-likeness (QED) is 0.502. The Morgan fingerprint density at radius 2 is 1.97 bits per heavy atom. The number of aromatic hydroxyl groups is 1. The van der Waals surface area contributed by atoms with Gasteiger partial charge in [-0.3, -0.25) is 14.4 Å². The smallest absolute Gasteiger partial charge is 0.279 e. The van der Waals surface area contributed by atoms with Gasteiger partial charge in [0.25, 0.3) is 5.91 Å². The molecule has 0 aromatic heterocycles. The molecule has 1 aliphatic heterocycles. The molecule has 1 aliphatic rings. The van der Waals surface area contributed by atoms with Crippen LogP contribution >= 0.6 is 0 Å². The standard InChI is InChI=1S/C23H27N3O4/c1-30-25-23(29)22-18(5-3-7-20(22)27)8-9-21(28)26-12-10-17(11-13-26)19-6-2-4-16(14-19)15-24/h2-9,14,17,27H,10-13,15,24H2,1H3,(H,25,29). The molecule has 158 valence electrons. The highest BCUT2D eigenvalue weighted by molar-refractivity contribution is 6.01. The largest absolute Gasteiger partial charge is 0.507 e. The van der Waals surface area contributed by atoms with Crippen LogP contribution in [0, 0.1) is 0 Å². The minimum Gasteiger partial charge on any atom is -0.507 e. The first-order valence-corrected chi connectivity index (χ1v) is 9.94. The molecule has 0 saturated carbocycles. The third-order valence-electron chi connectivity index (χ3n) is 5.37. The number of hydrogen-bond donors (Lipinski definition) is 3. The molecule has 0 bridgehead atoms. The summed E-state index contributed by atoms with van der Waals surface area (Å²) in [4.78, 5) is 31.2. The number of nitrogens with one attached hydrogen (secondary N) is 1. The van der Waals surface area contributed by atoms with Crippen LogP contribution in [-0.4, -0.2) is 42.0 Å². The number of nitrogens with zero attached hydrogens (tertiary/aromatic N) is 1. The molecule has 7 heteroatoms. The molecule has 0 radical (unpaired) electrons. The molecule has 1 fully saturated rings. The van der Waals surface area contributed by atoms with Crippen LogP contribution in [0.25, 0.3) is 6.08 Å². The van der Waals surface area contributed by atoms with E-state index >= 15 is 0 Å². The second-order valence-electron chi connectivity index (χ2n) is 7.26. The Kier molecular flexibility index (Phi) is 7.21. The maximum atomic E-state index is 12.6. The van der Waals surface area contributed by atoms with Gasteiger partial charge in [-0.2, -0.15) is 0 Å². The molecule has 3 rings (SSSR count). The molecular weight excluding hydrogens is 382 g/mol. The van der Waals surface area contributed by atoms with E-state index in [0.29, 0.717) is 31.1 Å². The average Bonchev–Trinajstić information content (AvgIpc) is 2.77. The number of benzene rings is 2. The topological polar surface area (TPSA) is 105 Å². The second-order valence-corrected chi connectivity index (χ2v) is 7.26. The molecular formula is C23H27N3O4. The summed E-state index contributed by atoms with van der Waals surface area (Å²) in [5.41, 5.74) is 10.8. The average molecular weight is 409 g/mol. The lowest BCUT2D eigenvalue weighted by Gasteiger charge is -2.31. The van der Waals surface area contributed by atoms with Gasteiger partial charge in [-0.05, 0) is 47.6 Å². The highest BCUT2D eigenvalue weighted by Gasteiger charge is 2.23. The van der Waals surface area contributed by atoms with Crippen molar-refractivity contribution in [1.82, 2.24) is 10.4 Å². The summed E-state index contributed by atoms with van der Waals surface area (Å²) in [5, 5.41) is 10.0. The van der Waals surface area contributed by atoms with Crippen LogP contribution in [0.15, 0.2) is 48.5 Å². The van der Waals surface area contributed by atoms with Crippen molar-refractivity contribution in [3.05, 3.63) is 70.8 Å². The molecule has 0 atom stereocenters. The Bertz CT molecular complexity index is 934. The molecule has 1 saturated heterocycles. The van der Waals surface area contributed by atoms with Crippen LogP contribution < -0.4 is 11.2 Å². The van der Waals surface area contributed by atoms with Gasteiger partial charge in [-0.15, -0.1) is 0 Å². The maximum Gasteiger partial charge on any atom is 0.279 e. The monoisotopic (exact) mass is 409 g/mol. The lowest BCUT2D eigenvalue weighted by atomic mass is 9.88. The van der Waals surface area contributed by atoms with Crippen molar-refractivity contribution in [3.8, 4) is 5.75 Å². The van der Waals surface area contributed by atoms with E-state index in [1.807, 2.05) is 12.1 Å². The van der Waals surface area contributed by atoms with E-state index in [1.54, 1.807) is 23.1 Å². The van der Waals surface area contributed by atoms with E-state index in [1.165, 1.54) is 24.8 Å². The second kappa shape index (κ2) is 10.0. The summed E-state index contributed by atoms with van der Waals surface area (Å²) in [6, 6.07) is 13.0. The van der Waals surface area contributed by atoms with Gasteiger partial charge < -0.3 is 15.7 Å². The number of rotatable bonds is 6. The number of carbonyl (C=O) groups excluding carboxylic acids is 2. The van der Waals surface area contributed by atoms with Gasteiger partial charge in [0.2, 0.25) is 5.91 Å². The van der Waals surface area contributed by atoms with Crippen molar-refractivity contribution in [3.63, 3.8) is 0 Å². The molecule has 4 N–H and O–H groups in total. The Hall–Kier alpha value is -3.16. The van der Waals surface area contributed by atoms with Gasteiger partial charge in [0.1, 0.15) is 5.75 Å². The number of amides is 2. The van der Waals surface area contributed by atoms with Crippen molar-refractivity contribution in [2.24, 2.45) is 5.73 Å². The van der Waals surface area contributed by atoms with Gasteiger partial charge in [-0.1, -0.05) is 36.4 Å². The molecule has 0 unspecified atom stereocenters. The van der Waals surface area contributed by atoms with Gasteiger partial charge in [0.15, 0.2) is 0 Å². The number of likely N-dealkylation sites (tertiary alicyclic amines) is 1. The molecule has 2 aromatic rings. The summed E-state index contributed by atoms with van der Waals surface area (Å²) in [5.74, 6) is -0.464. The lowest BCUT2D eigenvalue weighted by molar-refractivity contribution is -0.126. The van der Waals surface area contributed by atoms with Crippen LogP contribution in [-0.2, 0) is 16.2 Å². The summed E-state index contributed by atoms with van der Waals surface area (Å²) >= 11 is 0. The summed E-state index contributed by atoms with van der Waals surface area (Å²) < 4.78 is 0. The molecule has 2 amide bonds. The Labute approximate surface area is 176 Å². The first kappa shape index (κ1) is 21.5. The number of phenolic OH excluding ortho intramolecular Hbond substituents is 1. The molecule has 30 heavy (non-hydrogen) atoms. The van der Waals surface area contributed by atoms with Crippen molar-refractivity contribution < 1.29 is 19.5 Å². The molecule has 2 aromatic carbocycles. The predicted molar refractivity (Wildman–Crippen MR) is 115 cm³/mol. The van der Waals surface area contributed by atoms with Crippen molar-refractivity contribution in [2.45, 2.75) is 25.3 Å². The zero-order chi connectivity index (χ0) is 21.5. The Morgan fingerprint density at radius 1 is 1.23 bits per heavy atom. The van der Waals surface area contributed by atoms with E-state index in [-0.39, 0.29) is 17.2 Å². The number of hydroxylamine groups is 1. The van der Waals surface area contributed by atoms with Gasteiger partial charge in [0.05, 0.1) is 12.7 Å². The van der Waals surface area contributed by atoms with Crippen LogP contribution in [0.2, 0.25) is 0 Å². The third kappa shape index (κ3) is 5.06. The number of hydrogen-bond acceptors (Lipinski definition) is 5. The molecule has 0 spiro atoms. The SMILES string of the molecule is CONC(=O)c1c(O)cccc1C=CC(=O)N1CCC(c2cccc(CN)c2)CC1. The fourth-order valence-corrected chi connectivity index (χ4v) is 3.76. The number of piperidine rings is 1. The summed E-state index contributed by atoms with van der Waals surface area (Å²) in [7, 11) is 1.31. The summed E-state index contributed by atoms with van der Waals surface area (Å²) in [6.45, 7) is 1.85. The fourth-order valence-electron chi connectivity index (χ4n) is 3.76. The first-order valence-electron chi connectivity index (χ1n) is 9.94. The van der Waals surface area contributed by atoms with E-state index in [9.17, 15) is 14.7 Å². The van der Waals surface area contributed by atoms with Crippen molar-refractivity contribution >= 4 is 17.9 Å². The number of nitrogens with two attached hydrogens (primary N) is 1. The van der Waals surface area contributed by atoms with Crippen LogP contribution in [0.1, 0.15) is 45.8 Å². The van der Waals surface area contributed by atoms with Crippen LogP contribution in [0.3, 0.4) is 0 Å². The van der Waals surface area contributed by atoms with Crippen molar-refractivity contribution in [2.75, 3.05) is 20.2 Å². The Morgan fingerprint density at radius 3 is 2.67 bits per heavy atom. The lowest BCUT2D eigenvalue weighted by Crippen LogP contribution is -2.36. The first-order chi connectivity index (χ1) is 14.5. The zero-order valence-electron chi connectivity index (χ0n) is 17.0. The van der Waals surface area contributed by atoms with Crippen LogP contribution in [0.4, 0.5) is 0 Å². The van der Waals surface area contributed by atoms with Gasteiger partial charge >= 0.3 is 0 Å². The minimum absolute atomic E-state index is 0.0573. The van der Waals surface area contributed by atoms with E-state index in [2.05, 4.69) is 22.5 Å². The van der Waals surface area contributed by atoms with Crippen LogP contribution in [0.5, 0.6) is 5.75 Å². The highest BCUT2D eigenvalue weighted by Crippen LogP contribution is 2.29. The van der Waals surface area contributed by atoms with E-state index in [4.69, 9.17) is 5.73 Å². The van der Waals surface area contributed by atoms with Crippen molar-refractivity contribution in [1.29, 1.82) is 0 Å². The third-order valence-corrected chi connectivity index (χ3v) is 5.37. The maximum absolute atomic E-state index is 12.6. The molecule has 1 heterocycles. The fraction of sp³-hybridized carbons (Fsp3) is 0.304. The zero-order valence-corrected chi connectivity index (χ0v) is 17.0.